The molecule has 130 valence electrons. The Hall–Kier alpha value is -1.36. The number of amides is 1. The predicted octanol–water partition coefficient (Wildman–Crippen LogP) is 3.10. The summed E-state index contributed by atoms with van der Waals surface area (Å²) in [6.45, 7) is 2.42. The summed E-state index contributed by atoms with van der Waals surface area (Å²) in [5.41, 5.74) is 0.201. The van der Waals surface area contributed by atoms with E-state index in [1.165, 1.54) is 14.2 Å². The van der Waals surface area contributed by atoms with Crippen molar-refractivity contribution in [2.45, 2.75) is 38.3 Å². The van der Waals surface area contributed by atoms with Crippen LogP contribution >= 0.6 is 7.60 Å². The highest BCUT2D eigenvalue weighted by Gasteiger charge is 2.38. The maximum Gasteiger partial charge on any atom is 0.342 e. The van der Waals surface area contributed by atoms with Crippen LogP contribution in [0.5, 0.6) is 5.75 Å². The Morgan fingerprint density at radius 3 is 2.39 bits per heavy atom. The smallest absolute Gasteiger partial charge is 0.342 e. The van der Waals surface area contributed by atoms with Crippen molar-refractivity contribution in [3.05, 3.63) is 29.8 Å². The fraction of sp³-hybridized carbons (Fsp3) is 0.562. The minimum atomic E-state index is -3.44. The molecule has 0 aromatic heterocycles. The van der Waals surface area contributed by atoms with E-state index in [1.807, 2.05) is 6.92 Å². The van der Waals surface area contributed by atoms with Crippen molar-refractivity contribution < 1.29 is 23.5 Å². The van der Waals surface area contributed by atoms with Crippen LogP contribution in [0.15, 0.2) is 24.3 Å². The van der Waals surface area contributed by atoms with Gasteiger partial charge in [0.1, 0.15) is 11.4 Å². The van der Waals surface area contributed by atoms with E-state index in [2.05, 4.69) is 5.32 Å². The van der Waals surface area contributed by atoms with Gasteiger partial charge in [-0.05, 0) is 30.5 Å². The maximum atomic E-state index is 12.5. The van der Waals surface area contributed by atoms with Gasteiger partial charge in [0.05, 0.1) is 0 Å². The number of rotatable bonds is 10. The Balaban J connectivity index is 2.62. The number of unbranched alkanes of at least 4 members (excludes halogenated alkanes) is 1. The molecule has 0 spiro atoms. The number of carbonyl (C=O) groups is 1. The fourth-order valence-corrected chi connectivity index (χ4v) is 3.81. The van der Waals surface area contributed by atoms with Crippen LogP contribution in [-0.2, 0) is 24.8 Å². The Labute approximate surface area is 137 Å². The molecule has 0 radical (unpaired) electrons. The summed E-state index contributed by atoms with van der Waals surface area (Å²) in [6.07, 6.45) is 2.74. The lowest BCUT2D eigenvalue weighted by Crippen LogP contribution is -2.36. The second kappa shape index (κ2) is 9.71. The molecule has 1 rings (SSSR count). The van der Waals surface area contributed by atoms with Crippen molar-refractivity contribution in [3.63, 3.8) is 0 Å². The van der Waals surface area contributed by atoms with Crippen molar-refractivity contribution in [2.24, 2.45) is 0 Å². The summed E-state index contributed by atoms with van der Waals surface area (Å²) >= 11 is 0. The van der Waals surface area contributed by atoms with Crippen LogP contribution in [0, 0.1) is 0 Å². The molecule has 0 aliphatic rings. The van der Waals surface area contributed by atoms with E-state index in [0.717, 1.165) is 18.4 Å². The van der Waals surface area contributed by atoms with Crippen LogP contribution in [0.2, 0.25) is 0 Å². The lowest BCUT2D eigenvalue weighted by Gasteiger charge is -2.23. The highest BCUT2D eigenvalue weighted by molar-refractivity contribution is 7.55. The van der Waals surface area contributed by atoms with Crippen LogP contribution in [0.1, 0.15) is 31.7 Å². The molecule has 1 unspecified atom stereocenters. The molecule has 2 N–H and O–H groups in total. The number of hydrogen-bond acceptors (Lipinski definition) is 5. The summed E-state index contributed by atoms with van der Waals surface area (Å²) in [5, 5.41) is 12.0. The predicted molar refractivity (Wildman–Crippen MR) is 89.8 cm³/mol. The molecule has 0 bridgehead atoms. The van der Waals surface area contributed by atoms with Gasteiger partial charge in [-0.15, -0.1) is 0 Å². The third kappa shape index (κ3) is 5.98. The van der Waals surface area contributed by atoms with E-state index in [0.29, 0.717) is 19.4 Å². The molecular weight excluding hydrogens is 317 g/mol. The van der Waals surface area contributed by atoms with Gasteiger partial charge in [0.25, 0.3) is 0 Å². The number of aromatic hydroxyl groups is 1. The molecule has 1 amide bonds. The highest BCUT2D eigenvalue weighted by Crippen LogP contribution is 2.53. The number of phenolic OH excluding ortho intramolecular Hbond substituents is 1. The van der Waals surface area contributed by atoms with Gasteiger partial charge in [-0.3, -0.25) is 9.36 Å². The average molecular weight is 343 g/mol. The van der Waals surface area contributed by atoms with Crippen molar-refractivity contribution in [3.8, 4) is 5.75 Å². The van der Waals surface area contributed by atoms with E-state index >= 15 is 0 Å². The average Bonchev–Trinajstić information content (AvgIpc) is 2.56. The summed E-state index contributed by atoms with van der Waals surface area (Å²) < 4.78 is 22.5. The lowest BCUT2D eigenvalue weighted by molar-refractivity contribution is -0.121. The Morgan fingerprint density at radius 2 is 1.87 bits per heavy atom. The van der Waals surface area contributed by atoms with Crippen LogP contribution in [0.25, 0.3) is 0 Å². The molecule has 1 aromatic rings. The van der Waals surface area contributed by atoms with Crippen LogP contribution in [0.3, 0.4) is 0 Å². The van der Waals surface area contributed by atoms with E-state index in [9.17, 15) is 14.5 Å². The van der Waals surface area contributed by atoms with Gasteiger partial charge in [0.15, 0.2) is 0 Å². The molecule has 23 heavy (non-hydrogen) atoms. The zero-order valence-electron chi connectivity index (χ0n) is 13.9. The topological polar surface area (TPSA) is 84.9 Å². The highest BCUT2D eigenvalue weighted by atomic mass is 31.2. The molecule has 7 heteroatoms. The molecule has 0 aliphatic heterocycles. The first-order valence-corrected chi connectivity index (χ1v) is 9.34. The van der Waals surface area contributed by atoms with E-state index in [-0.39, 0.29) is 11.7 Å². The second-order valence-electron chi connectivity index (χ2n) is 5.27. The van der Waals surface area contributed by atoms with Crippen molar-refractivity contribution in [1.82, 2.24) is 5.32 Å². The molecule has 0 saturated carbocycles. The lowest BCUT2D eigenvalue weighted by atomic mass is 10.1. The molecule has 0 aliphatic carbocycles. The molecule has 0 saturated heterocycles. The first-order valence-electron chi connectivity index (χ1n) is 7.73. The van der Waals surface area contributed by atoms with E-state index in [1.54, 1.807) is 24.3 Å². The largest absolute Gasteiger partial charge is 0.508 e. The van der Waals surface area contributed by atoms with E-state index in [4.69, 9.17) is 9.05 Å². The van der Waals surface area contributed by atoms with Gasteiger partial charge in [0.2, 0.25) is 5.91 Å². The summed E-state index contributed by atoms with van der Waals surface area (Å²) in [5.74, 6) is -0.109. The van der Waals surface area contributed by atoms with E-state index < -0.39 is 13.3 Å². The van der Waals surface area contributed by atoms with Gasteiger partial charge >= 0.3 is 7.60 Å². The quantitative estimate of drug-likeness (QED) is 0.638. The molecule has 6 nitrogen and oxygen atoms in total. The number of hydrogen-bond donors (Lipinski definition) is 2. The minimum absolute atomic E-state index is 0.207. The standard InChI is InChI=1S/C16H26NO5P/c1-4-5-6-15(23(20,21-2)22-3)16(19)17-12-11-13-7-9-14(18)10-8-13/h7-10,15,18H,4-6,11-12H2,1-3H3,(H,17,19). The first-order chi connectivity index (χ1) is 11.0. The number of phenols is 1. The Kier molecular flexibility index (Phi) is 8.31. The summed E-state index contributed by atoms with van der Waals surface area (Å²) in [7, 11) is -0.844. The van der Waals surface area contributed by atoms with Gasteiger partial charge in [0, 0.05) is 20.8 Å². The molecule has 0 fully saturated rings. The molecule has 0 heterocycles. The van der Waals surface area contributed by atoms with Gasteiger partial charge in [-0.1, -0.05) is 31.9 Å². The molecule has 1 atom stereocenters. The minimum Gasteiger partial charge on any atom is -0.508 e. The second-order valence-corrected chi connectivity index (χ2v) is 7.70. The van der Waals surface area contributed by atoms with Gasteiger partial charge < -0.3 is 19.5 Å². The molecule has 1 aromatic carbocycles. The van der Waals surface area contributed by atoms with Gasteiger partial charge in [-0.2, -0.15) is 0 Å². The third-order valence-corrected chi connectivity index (χ3v) is 5.95. The summed E-state index contributed by atoms with van der Waals surface area (Å²) in [6, 6.07) is 6.80. The zero-order chi connectivity index (χ0) is 17.3. The van der Waals surface area contributed by atoms with Crippen molar-refractivity contribution >= 4 is 13.5 Å². The van der Waals surface area contributed by atoms with Crippen LogP contribution in [0.4, 0.5) is 0 Å². The van der Waals surface area contributed by atoms with Crippen LogP contribution < -0.4 is 5.32 Å². The van der Waals surface area contributed by atoms with Gasteiger partial charge in [-0.25, -0.2) is 0 Å². The third-order valence-electron chi connectivity index (χ3n) is 3.67. The van der Waals surface area contributed by atoms with Crippen molar-refractivity contribution in [1.29, 1.82) is 0 Å². The van der Waals surface area contributed by atoms with Crippen LogP contribution in [-0.4, -0.2) is 37.4 Å². The zero-order valence-corrected chi connectivity index (χ0v) is 14.8. The normalized spacial score (nSPS) is 12.8. The number of carbonyl (C=O) groups excluding carboxylic acids is 1. The fourth-order valence-electron chi connectivity index (χ4n) is 2.27. The summed E-state index contributed by atoms with van der Waals surface area (Å²) in [4.78, 5) is 12.4. The Bertz CT molecular complexity index is 524. The SMILES string of the molecule is CCCCC(C(=O)NCCc1ccc(O)cc1)P(=O)(OC)OC. The maximum absolute atomic E-state index is 12.5. The molecular formula is C16H26NO5P. The monoisotopic (exact) mass is 343 g/mol. The Morgan fingerprint density at radius 1 is 1.26 bits per heavy atom. The van der Waals surface area contributed by atoms with Crippen molar-refractivity contribution in [2.75, 3.05) is 20.8 Å². The number of nitrogens with one attached hydrogen (secondary N) is 1. The number of benzene rings is 1. The first kappa shape index (κ1) is 19.7.